The minimum atomic E-state index is -4.31. The van der Waals surface area contributed by atoms with Gasteiger partial charge in [0.2, 0.25) is 0 Å². The molecule has 0 saturated carbocycles. The molecule has 0 aliphatic rings. The Labute approximate surface area is 258 Å². The molecule has 0 unspecified atom stereocenters. The van der Waals surface area contributed by atoms with Crippen molar-refractivity contribution in [2.45, 2.75) is 175 Å². The molecule has 1 aromatic rings. The molecular weight excluding hydrogens is 543 g/mol. The van der Waals surface area contributed by atoms with E-state index in [-0.39, 0.29) is 4.90 Å². The van der Waals surface area contributed by atoms with E-state index in [0.29, 0.717) is 5.56 Å². The zero-order valence-corrected chi connectivity index (χ0v) is 30.0. The highest BCUT2D eigenvalue weighted by molar-refractivity contribution is 7.85. The van der Waals surface area contributed by atoms with Crippen molar-refractivity contribution in [2.75, 3.05) is 24.6 Å². The lowest BCUT2D eigenvalue weighted by molar-refractivity contribution is 0.462. The van der Waals surface area contributed by atoms with E-state index in [9.17, 15) is 13.0 Å². The Hall–Kier alpha value is -0.440. The van der Waals surface area contributed by atoms with E-state index >= 15 is 0 Å². The summed E-state index contributed by atoms with van der Waals surface area (Å²) in [4.78, 5) is -0.123. The Morgan fingerprint density at radius 3 is 1.22 bits per heavy atom. The zero-order valence-electron chi connectivity index (χ0n) is 28.3. The highest BCUT2D eigenvalue weighted by Gasteiger charge is 2.34. The van der Waals surface area contributed by atoms with Crippen LogP contribution in [-0.4, -0.2) is 37.6 Å². The van der Waals surface area contributed by atoms with Crippen LogP contribution in [0.4, 0.5) is 0 Å². The van der Waals surface area contributed by atoms with Crippen LogP contribution in [0.15, 0.2) is 23.1 Å². The third-order valence-corrected chi connectivity index (χ3v) is 14.8. The topological polar surface area (TPSA) is 57.2 Å². The molecule has 0 bridgehead atoms. The molecular formula is C36H69O3PS. The fourth-order valence-corrected chi connectivity index (χ4v) is 11.6. The van der Waals surface area contributed by atoms with Crippen LogP contribution in [0.1, 0.15) is 167 Å². The minimum Gasteiger partial charge on any atom is -0.744 e. The van der Waals surface area contributed by atoms with Gasteiger partial charge >= 0.3 is 0 Å². The molecule has 3 nitrogen and oxygen atoms in total. The summed E-state index contributed by atoms with van der Waals surface area (Å²) < 4.78 is 32.0. The van der Waals surface area contributed by atoms with E-state index < -0.39 is 17.4 Å². The Balaban J connectivity index is 0.00000110. The molecule has 0 N–H and O–H groups in total. The van der Waals surface area contributed by atoms with E-state index in [4.69, 9.17) is 0 Å². The SMILES string of the molecule is CCCCCCCC[P+](CCCC)(CCCCCCCC)CCCCCCCC.Cc1cccc(S(=O)(=O)[O-])c1C. The van der Waals surface area contributed by atoms with Crippen molar-refractivity contribution in [2.24, 2.45) is 0 Å². The van der Waals surface area contributed by atoms with Crippen LogP contribution in [0, 0.1) is 13.8 Å². The molecule has 0 saturated heterocycles. The fraction of sp³-hybridized carbons (Fsp3) is 0.833. The van der Waals surface area contributed by atoms with Crippen molar-refractivity contribution in [3.63, 3.8) is 0 Å². The van der Waals surface area contributed by atoms with Gasteiger partial charge in [0, 0.05) is 7.26 Å². The van der Waals surface area contributed by atoms with Crippen molar-refractivity contribution < 1.29 is 13.0 Å². The van der Waals surface area contributed by atoms with Gasteiger partial charge in [0.1, 0.15) is 10.1 Å². The van der Waals surface area contributed by atoms with Gasteiger partial charge in [0.05, 0.1) is 29.5 Å². The molecule has 0 aliphatic carbocycles. The molecule has 242 valence electrons. The summed E-state index contributed by atoms with van der Waals surface area (Å²) in [5, 5.41) is 0. The van der Waals surface area contributed by atoms with Crippen molar-refractivity contribution in [1.29, 1.82) is 0 Å². The van der Waals surface area contributed by atoms with Crippen LogP contribution in [0.25, 0.3) is 0 Å². The molecule has 0 spiro atoms. The number of hydrogen-bond donors (Lipinski definition) is 0. The average Bonchev–Trinajstić information content (AvgIpc) is 2.94. The van der Waals surface area contributed by atoms with Gasteiger partial charge in [-0.25, -0.2) is 8.42 Å². The Kier molecular flexibility index (Phi) is 25.7. The van der Waals surface area contributed by atoms with Crippen molar-refractivity contribution in [3.05, 3.63) is 29.3 Å². The quantitative estimate of drug-likeness (QED) is 0.0627. The number of aryl methyl sites for hydroxylation is 1. The van der Waals surface area contributed by atoms with E-state index in [1.54, 1.807) is 69.9 Å². The predicted molar refractivity (Wildman–Crippen MR) is 185 cm³/mol. The summed E-state index contributed by atoms with van der Waals surface area (Å²) in [6, 6.07) is 4.65. The van der Waals surface area contributed by atoms with Crippen LogP contribution in [0.3, 0.4) is 0 Å². The molecule has 0 amide bonds. The fourth-order valence-electron chi connectivity index (χ4n) is 5.84. The highest BCUT2D eigenvalue weighted by Crippen LogP contribution is 2.61. The normalized spacial score (nSPS) is 11.9. The maximum atomic E-state index is 10.7. The molecule has 0 fully saturated rings. The maximum Gasteiger partial charge on any atom is 0.124 e. The number of hydrogen-bond acceptors (Lipinski definition) is 3. The van der Waals surface area contributed by atoms with Gasteiger partial charge in [-0.05, 0) is 76.0 Å². The van der Waals surface area contributed by atoms with Gasteiger partial charge in [0.25, 0.3) is 0 Å². The van der Waals surface area contributed by atoms with Crippen molar-refractivity contribution in [1.82, 2.24) is 0 Å². The molecule has 0 atom stereocenters. The highest BCUT2D eigenvalue weighted by atomic mass is 32.2. The lowest BCUT2D eigenvalue weighted by Gasteiger charge is -2.28. The first kappa shape index (κ1) is 40.6. The first-order chi connectivity index (χ1) is 19.7. The molecule has 41 heavy (non-hydrogen) atoms. The number of benzene rings is 1. The second-order valence-corrected chi connectivity index (χ2v) is 18.4. The summed E-state index contributed by atoms with van der Waals surface area (Å²) in [5.74, 6) is 0. The lowest BCUT2D eigenvalue weighted by atomic mass is 10.1. The van der Waals surface area contributed by atoms with E-state index in [1.807, 2.05) is 0 Å². The second kappa shape index (κ2) is 26.0. The monoisotopic (exact) mass is 612 g/mol. The van der Waals surface area contributed by atoms with Crippen LogP contribution >= 0.6 is 7.26 Å². The maximum absolute atomic E-state index is 10.7. The van der Waals surface area contributed by atoms with Crippen LogP contribution < -0.4 is 0 Å². The summed E-state index contributed by atoms with van der Waals surface area (Å²) in [6.07, 6.45) is 36.1. The summed E-state index contributed by atoms with van der Waals surface area (Å²) >= 11 is 0. The Bertz CT molecular complexity index is 796. The summed E-state index contributed by atoms with van der Waals surface area (Å²) in [7, 11) is -4.99. The molecule has 5 heteroatoms. The molecule has 0 aromatic heterocycles. The van der Waals surface area contributed by atoms with E-state index in [0.717, 1.165) is 5.56 Å². The van der Waals surface area contributed by atoms with Crippen LogP contribution in [0.2, 0.25) is 0 Å². The first-order valence-corrected chi connectivity index (χ1v) is 21.5. The molecule has 0 radical (unpaired) electrons. The first-order valence-electron chi connectivity index (χ1n) is 17.5. The lowest BCUT2D eigenvalue weighted by Crippen LogP contribution is -2.13. The largest absolute Gasteiger partial charge is 0.744 e. The zero-order chi connectivity index (χ0) is 30.8. The van der Waals surface area contributed by atoms with Crippen LogP contribution in [-0.2, 0) is 10.1 Å². The smallest absolute Gasteiger partial charge is 0.124 e. The number of rotatable bonds is 25. The van der Waals surface area contributed by atoms with Crippen molar-refractivity contribution >= 4 is 17.4 Å². The van der Waals surface area contributed by atoms with E-state index in [1.165, 1.54) is 115 Å². The molecule has 0 aliphatic heterocycles. The molecule has 1 rings (SSSR count). The van der Waals surface area contributed by atoms with Gasteiger partial charge in [-0.15, -0.1) is 0 Å². The van der Waals surface area contributed by atoms with Crippen LogP contribution in [0.5, 0.6) is 0 Å². The van der Waals surface area contributed by atoms with Gasteiger partial charge < -0.3 is 4.55 Å². The second-order valence-electron chi connectivity index (χ2n) is 12.5. The standard InChI is InChI=1S/C28H60P.C8H10O3S/c1-5-9-13-16-19-22-26-29(25-12-8-4,27-23-20-17-14-10-6-2)28-24-21-18-15-11-7-3;1-6-4-3-5-8(7(6)2)12(9,10)11/h5-28H2,1-4H3;3-5H,1-2H3,(H,9,10,11)/q+1;/p-1. The third kappa shape index (κ3) is 21.0. The minimum absolute atomic E-state index is 0.123. The number of unbranched alkanes of at least 4 members (excludes halogenated alkanes) is 16. The van der Waals surface area contributed by atoms with Crippen molar-refractivity contribution in [3.8, 4) is 0 Å². The van der Waals surface area contributed by atoms with Gasteiger partial charge in [-0.2, -0.15) is 0 Å². The van der Waals surface area contributed by atoms with Gasteiger partial charge in [-0.1, -0.05) is 123 Å². The third-order valence-electron chi connectivity index (χ3n) is 8.77. The van der Waals surface area contributed by atoms with Gasteiger partial charge in [0.15, 0.2) is 0 Å². The summed E-state index contributed by atoms with van der Waals surface area (Å²) in [5.41, 5.74) is 1.35. The summed E-state index contributed by atoms with van der Waals surface area (Å²) in [6.45, 7) is 12.8. The molecule has 1 aromatic carbocycles. The average molecular weight is 613 g/mol. The Morgan fingerprint density at radius 2 is 0.878 bits per heavy atom. The molecule has 0 heterocycles. The Morgan fingerprint density at radius 1 is 0.537 bits per heavy atom. The predicted octanol–water partition coefficient (Wildman–Crippen LogP) is 12.1. The van der Waals surface area contributed by atoms with Gasteiger partial charge in [-0.3, -0.25) is 0 Å². The van der Waals surface area contributed by atoms with E-state index in [2.05, 4.69) is 27.7 Å².